The van der Waals surface area contributed by atoms with Gasteiger partial charge in [0, 0.05) is 17.0 Å². The summed E-state index contributed by atoms with van der Waals surface area (Å²) in [5.74, 6) is -6.62. The first-order valence-electron chi connectivity index (χ1n) is 14.2. The number of halogens is 7. The molecule has 1 saturated heterocycles. The minimum atomic E-state index is -4.02. The summed E-state index contributed by atoms with van der Waals surface area (Å²) >= 11 is 0. The van der Waals surface area contributed by atoms with Crippen LogP contribution in [-0.2, 0) is 15.6 Å². The van der Waals surface area contributed by atoms with Gasteiger partial charge in [-0.25, -0.2) is 22.0 Å². The Labute approximate surface area is 250 Å². The highest BCUT2D eigenvalue weighted by molar-refractivity contribution is 5.71. The number of rotatable bonds is 10. The Bertz CT molecular complexity index is 1580. The molecule has 0 atom stereocenters. The van der Waals surface area contributed by atoms with Crippen molar-refractivity contribution in [1.82, 2.24) is 0 Å². The molecular formula is C34H29F7O3. The van der Waals surface area contributed by atoms with E-state index in [0.29, 0.717) is 36.5 Å². The van der Waals surface area contributed by atoms with Crippen LogP contribution >= 0.6 is 0 Å². The first kappa shape index (κ1) is 31.5. The van der Waals surface area contributed by atoms with E-state index in [9.17, 15) is 30.7 Å². The second-order valence-corrected chi connectivity index (χ2v) is 10.7. The van der Waals surface area contributed by atoms with Crippen molar-refractivity contribution in [1.29, 1.82) is 0 Å². The van der Waals surface area contributed by atoms with E-state index in [1.165, 1.54) is 42.5 Å². The number of alkyl halides is 2. The molecule has 0 N–H and O–H groups in total. The summed E-state index contributed by atoms with van der Waals surface area (Å²) < 4.78 is 116. The maximum Gasteiger partial charge on any atom is 0.429 e. The van der Waals surface area contributed by atoms with Gasteiger partial charge in [0.1, 0.15) is 17.4 Å². The van der Waals surface area contributed by atoms with Gasteiger partial charge in [-0.15, -0.1) is 0 Å². The summed E-state index contributed by atoms with van der Waals surface area (Å²) in [6, 6.07) is 13.6. The zero-order valence-corrected chi connectivity index (χ0v) is 23.7. The van der Waals surface area contributed by atoms with Gasteiger partial charge in [-0.1, -0.05) is 56.5 Å². The monoisotopic (exact) mass is 618 g/mol. The van der Waals surface area contributed by atoms with E-state index in [1.54, 1.807) is 0 Å². The third-order valence-electron chi connectivity index (χ3n) is 7.46. The van der Waals surface area contributed by atoms with Crippen molar-refractivity contribution < 1.29 is 44.9 Å². The van der Waals surface area contributed by atoms with E-state index < -0.39 is 47.0 Å². The van der Waals surface area contributed by atoms with Crippen molar-refractivity contribution in [3.8, 4) is 28.0 Å². The third-order valence-corrected chi connectivity index (χ3v) is 7.46. The quantitative estimate of drug-likeness (QED) is 0.101. The molecule has 0 bridgehead atoms. The maximum atomic E-state index is 15.0. The highest BCUT2D eigenvalue weighted by Gasteiger charge is 2.38. The standard InChI is InChI=1S/C34H29F7O3/c1-2-3-4-5-20-18-42-33(43-19-20)23-9-13-27(29(36)15-23)34(40,41)44-25-10-6-21(7-11-25)22-8-12-26(28(35)14-22)24-16-30(37)32(39)31(38)17-24/h6-17,20,33H,2-5,18-19H2,1H3. The Kier molecular flexibility index (Phi) is 9.60. The van der Waals surface area contributed by atoms with Crippen LogP contribution in [0.1, 0.15) is 50.0 Å². The smallest absolute Gasteiger partial charge is 0.429 e. The first-order valence-corrected chi connectivity index (χ1v) is 14.2. The second-order valence-electron chi connectivity index (χ2n) is 10.7. The molecule has 0 spiro atoms. The minimum absolute atomic E-state index is 0.160. The summed E-state index contributed by atoms with van der Waals surface area (Å²) in [5, 5.41) is 0. The number of unbranched alkanes of at least 4 members (excludes halogenated alkanes) is 2. The van der Waals surface area contributed by atoms with Crippen molar-refractivity contribution in [2.24, 2.45) is 5.92 Å². The molecular weight excluding hydrogens is 589 g/mol. The highest BCUT2D eigenvalue weighted by atomic mass is 19.3. The average Bonchev–Trinajstić information content (AvgIpc) is 3.00. The summed E-state index contributed by atoms with van der Waals surface area (Å²) in [6.45, 7) is 3.00. The van der Waals surface area contributed by atoms with Gasteiger partial charge >= 0.3 is 6.11 Å². The minimum Gasteiger partial charge on any atom is -0.429 e. The summed E-state index contributed by atoms with van der Waals surface area (Å²) in [5.41, 5.74) is -0.294. The van der Waals surface area contributed by atoms with Crippen molar-refractivity contribution in [2.45, 2.75) is 45.0 Å². The van der Waals surface area contributed by atoms with Crippen LogP contribution in [0.2, 0.25) is 0 Å². The normalized spacial score (nSPS) is 17.1. The third kappa shape index (κ3) is 7.08. The number of hydrogen-bond acceptors (Lipinski definition) is 3. The van der Waals surface area contributed by atoms with Crippen LogP contribution in [0.15, 0.2) is 72.8 Å². The van der Waals surface area contributed by atoms with Gasteiger partial charge in [-0.3, -0.25) is 0 Å². The molecule has 1 heterocycles. The predicted molar refractivity (Wildman–Crippen MR) is 150 cm³/mol. The topological polar surface area (TPSA) is 27.7 Å². The lowest BCUT2D eigenvalue weighted by Crippen LogP contribution is -2.27. The fourth-order valence-electron chi connectivity index (χ4n) is 5.06. The summed E-state index contributed by atoms with van der Waals surface area (Å²) in [6.07, 6.45) is -0.611. The van der Waals surface area contributed by atoms with E-state index in [0.717, 1.165) is 43.9 Å². The molecule has 1 fully saturated rings. The Morgan fingerprint density at radius 3 is 1.95 bits per heavy atom. The fraction of sp³-hybridized carbons (Fsp3) is 0.294. The molecule has 232 valence electrons. The van der Waals surface area contributed by atoms with Gasteiger partial charge < -0.3 is 14.2 Å². The molecule has 4 aromatic rings. The molecule has 4 aromatic carbocycles. The van der Waals surface area contributed by atoms with Gasteiger partial charge in [0.25, 0.3) is 0 Å². The summed E-state index contributed by atoms with van der Waals surface area (Å²) in [4.78, 5) is 0. The average molecular weight is 619 g/mol. The molecule has 1 aliphatic rings. The van der Waals surface area contributed by atoms with E-state index in [-0.39, 0.29) is 28.4 Å². The van der Waals surface area contributed by atoms with Crippen LogP contribution in [0.5, 0.6) is 5.75 Å². The van der Waals surface area contributed by atoms with Crippen molar-refractivity contribution in [3.63, 3.8) is 0 Å². The molecule has 0 saturated carbocycles. The van der Waals surface area contributed by atoms with Gasteiger partial charge in [-0.2, -0.15) is 8.78 Å². The van der Waals surface area contributed by atoms with Crippen molar-refractivity contribution in [2.75, 3.05) is 13.2 Å². The van der Waals surface area contributed by atoms with E-state index >= 15 is 0 Å². The van der Waals surface area contributed by atoms with Gasteiger partial charge in [0.2, 0.25) is 0 Å². The lowest BCUT2D eigenvalue weighted by atomic mass is 9.99. The molecule has 10 heteroatoms. The van der Waals surface area contributed by atoms with Crippen LogP contribution in [0, 0.1) is 35.0 Å². The largest absolute Gasteiger partial charge is 0.429 e. The first-order chi connectivity index (χ1) is 21.1. The second kappa shape index (κ2) is 13.4. The van der Waals surface area contributed by atoms with E-state index in [4.69, 9.17) is 14.2 Å². The Hall–Kier alpha value is -3.89. The van der Waals surface area contributed by atoms with Gasteiger partial charge in [0.05, 0.1) is 18.8 Å². The van der Waals surface area contributed by atoms with Crippen LogP contribution in [0.4, 0.5) is 30.7 Å². The molecule has 0 amide bonds. The molecule has 0 aromatic heterocycles. The van der Waals surface area contributed by atoms with Crippen molar-refractivity contribution >= 4 is 0 Å². The molecule has 5 rings (SSSR count). The van der Waals surface area contributed by atoms with Crippen LogP contribution in [0.3, 0.4) is 0 Å². The molecule has 0 aliphatic carbocycles. The lowest BCUT2D eigenvalue weighted by molar-refractivity contribution is -0.206. The number of ether oxygens (including phenoxy) is 3. The molecule has 44 heavy (non-hydrogen) atoms. The molecule has 0 unspecified atom stereocenters. The molecule has 0 radical (unpaired) electrons. The lowest BCUT2D eigenvalue weighted by Gasteiger charge is -2.30. The Morgan fingerprint density at radius 1 is 0.705 bits per heavy atom. The zero-order chi connectivity index (χ0) is 31.4. The van der Waals surface area contributed by atoms with Gasteiger partial charge in [0.15, 0.2) is 23.7 Å². The Morgan fingerprint density at radius 2 is 1.34 bits per heavy atom. The predicted octanol–water partition coefficient (Wildman–Crippen LogP) is 10.1. The Balaban J connectivity index is 1.24. The maximum absolute atomic E-state index is 15.0. The molecule has 3 nitrogen and oxygen atoms in total. The fourth-order valence-corrected chi connectivity index (χ4v) is 5.06. The SMILES string of the molecule is CCCCCC1COC(c2ccc(C(F)(F)Oc3ccc(-c4ccc(-c5cc(F)c(F)c(F)c5)c(F)c4)cc3)c(F)c2)OC1. The van der Waals surface area contributed by atoms with Crippen molar-refractivity contribution in [3.05, 3.63) is 113 Å². The number of hydrogen-bond donors (Lipinski definition) is 0. The molecule has 1 aliphatic heterocycles. The van der Waals surface area contributed by atoms with E-state index in [1.807, 2.05) is 0 Å². The highest BCUT2D eigenvalue weighted by Crippen LogP contribution is 2.37. The van der Waals surface area contributed by atoms with Crippen LogP contribution in [-0.4, -0.2) is 13.2 Å². The van der Waals surface area contributed by atoms with Crippen LogP contribution in [0.25, 0.3) is 22.3 Å². The van der Waals surface area contributed by atoms with Crippen LogP contribution < -0.4 is 4.74 Å². The number of benzene rings is 4. The zero-order valence-electron chi connectivity index (χ0n) is 23.7. The summed E-state index contributed by atoms with van der Waals surface area (Å²) in [7, 11) is 0. The van der Waals surface area contributed by atoms with Gasteiger partial charge in [-0.05, 0) is 65.6 Å². The van der Waals surface area contributed by atoms with E-state index in [2.05, 4.69) is 6.92 Å².